The van der Waals surface area contributed by atoms with Crippen LogP contribution in [0.3, 0.4) is 0 Å². The van der Waals surface area contributed by atoms with Crippen LogP contribution in [-0.2, 0) is 28.6 Å². The average Bonchev–Trinajstić information content (AvgIpc) is 3.19. The number of hydrogen-bond donors (Lipinski definition) is 0. The maximum Gasteiger partial charge on any atom is 0.306 e. The predicted molar refractivity (Wildman–Crippen MR) is 243 cm³/mol. The van der Waals surface area contributed by atoms with Crippen molar-refractivity contribution in [1.82, 2.24) is 0 Å². The molecule has 0 saturated heterocycles. The molecule has 0 saturated carbocycles. The normalized spacial score (nSPS) is 11.9. The molecular formula is C51H98O6. The molecule has 0 aromatic carbocycles. The predicted octanol–water partition coefficient (Wildman–Crippen LogP) is 16.3. The third-order valence-electron chi connectivity index (χ3n) is 11.5. The first-order valence-electron chi connectivity index (χ1n) is 25.4. The van der Waals surface area contributed by atoms with Gasteiger partial charge in [0.15, 0.2) is 6.10 Å². The third kappa shape index (κ3) is 45.3. The van der Waals surface area contributed by atoms with E-state index in [1.807, 2.05) is 0 Å². The van der Waals surface area contributed by atoms with Gasteiger partial charge < -0.3 is 14.2 Å². The van der Waals surface area contributed by atoms with Crippen molar-refractivity contribution in [2.45, 2.75) is 291 Å². The zero-order valence-corrected chi connectivity index (χ0v) is 38.8. The smallest absolute Gasteiger partial charge is 0.306 e. The summed E-state index contributed by atoms with van der Waals surface area (Å²) in [4.78, 5) is 37.8. The van der Waals surface area contributed by atoms with Crippen molar-refractivity contribution in [1.29, 1.82) is 0 Å². The molecule has 6 heteroatoms. The Morgan fingerprint density at radius 1 is 0.333 bits per heavy atom. The first kappa shape index (κ1) is 55.4. The highest BCUT2D eigenvalue weighted by atomic mass is 16.6. The van der Waals surface area contributed by atoms with Gasteiger partial charge in [0, 0.05) is 19.3 Å². The highest BCUT2D eigenvalue weighted by Gasteiger charge is 2.19. The molecule has 0 aromatic heterocycles. The summed E-state index contributed by atoms with van der Waals surface area (Å²) >= 11 is 0. The van der Waals surface area contributed by atoms with Gasteiger partial charge in [-0.05, 0) is 25.2 Å². The lowest BCUT2D eigenvalue weighted by atomic mass is 10.0. The van der Waals surface area contributed by atoms with Crippen LogP contribution >= 0.6 is 0 Å². The van der Waals surface area contributed by atoms with E-state index in [9.17, 15) is 14.4 Å². The van der Waals surface area contributed by atoms with Crippen LogP contribution in [0.4, 0.5) is 0 Å². The van der Waals surface area contributed by atoms with Crippen LogP contribution in [0, 0.1) is 5.92 Å². The first-order valence-corrected chi connectivity index (χ1v) is 25.4. The van der Waals surface area contributed by atoms with Crippen molar-refractivity contribution in [3.8, 4) is 0 Å². The molecule has 0 radical (unpaired) electrons. The molecule has 0 aromatic rings. The van der Waals surface area contributed by atoms with E-state index < -0.39 is 6.10 Å². The minimum Gasteiger partial charge on any atom is -0.462 e. The Labute approximate surface area is 355 Å². The Kier molecular flexibility index (Phi) is 44.2. The summed E-state index contributed by atoms with van der Waals surface area (Å²) in [7, 11) is 0. The fraction of sp³-hybridized carbons (Fsp3) is 0.941. The van der Waals surface area contributed by atoms with Gasteiger partial charge in [0.25, 0.3) is 0 Å². The topological polar surface area (TPSA) is 78.9 Å². The number of rotatable bonds is 46. The summed E-state index contributed by atoms with van der Waals surface area (Å²) in [5, 5.41) is 0. The van der Waals surface area contributed by atoms with Crippen LogP contribution in [0.25, 0.3) is 0 Å². The highest BCUT2D eigenvalue weighted by molar-refractivity contribution is 5.71. The van der Waals surface area contributed by atoms with E-state index in [2.05, 4.69) is 27.7 Å². The highest BCUT2D eigenvalue weighted by Crippen LogP contribution is 2.17. The van der Waals surface area contributed by atoms with Crippen LogP contribution in [0.15, 0.2) is 0 Å². The van der Waals surface area contributed by atoms with Crippen molar-refractivity contribution in [2.24, 2.45) is 5.92 Å². The van der Waals surface area contributed by atoms with Crippen LogP contribution in [0.2, 0.25) is 0 Å². The third-order valence-corrected chi connectivity index (χ3v) is 11.5. The molecule has 0 aliphatic heterocycles. The maximum atomic E-state index is 12.8. The molecule has 0 aliphatic carbocycles. The molecular weight excluding hydrogens is 709 g/mol. The van der Waals surface area contributed by atoms with E-state index in [1.54, 1.807) is 0 Å². The molecule has 0 heterocycles. The van der Waals surface area contributed by atoms with Crippen LogP contribution < -0.4 is 0 Å². The summed E-state index contributed by atoms with van der Waals surface area (Å²) in [5.41, 5.74) is 0. The SMILES string of the molecule is CCCCCCCCCCCCCCCCCCCCCC(=O)O[C@@H](COC(=O)CCCCCCCCCCC)COC(=O)CCCCCCCCCCC(C)C. The van der Waals surface area contributed by atoms with Crippen molar-refractivity contribution >= 4 is 17.9 Å². The van der Waals surface area contributed by atoms with Crippen molar-refractivity contribution in [2.75, 3.05) is 13.2 Å². The van der Waals surface area contributed by atoms with Crippen LogP contribution in [0.1, 0.15) is 285 Å². The molecule has 0 N–H and O–H groups in total. The van der Waals surface area contributed by atoms with E-state index in [0.29, 0.717) is 19.3 Å². The van der Waals surface area contributed by atoms with Crippen molar-refractivity contribution < 1.29 is 28.6 Å². The Bertz CT molecular complexity index is 857. The fourth-order valence-corrected chi connectivity index (χ4v) is 7.69. The molecule has 57 heavy (non-hydrogen) atoms. The molecule has 0 spiro atoms. The van der Waals surface area contributed by atoms with E-state index in [0.717, 1.165) is 63.7 Å². The first-order chi connectivity index (χ1) is 27.9. The van der Waals surface area contributed by atoms with Gasteiger partial charge in [-0.25, -0.2) is 0 Å². The van der Waals surface area contributed by atoms with Crippen LogP contribution in [-0.4, -0.2) is 37.2 Å². The van der Waals surface area contributed by atoms with Crippen molar-refractivity contribution in [3.63, 3.8) is 0 Å². The second-order valence-corrected chi connectivity index (χ2v) is 17.9. The Morgan fingerprint density at radius 3 is 0.860 bits per heavy atom. The van der Waals surface area contributed by atoms with E-state index >= 15 is 0 Å². The summed E-state index contributed by atoms with van der Waals surface area (Å²) in [6.45, 7) is 8.97. The van der Waals surface area contributed by atoms with Gasteiger partial charge in [-0.15, -0.1) is 0 Å². The molecule has 6 nitrogen and oxygen atoms in total. The van der Waals surface area contributed by atoms with Gasteiger partial charge in [0.1, 0.15) is 13.2 Å². The number of carbonyl (C=O) groups is 3. The number of hydrogen-bond acceptors (Lipinski definition) is 6. The van der Waals surface area contributed by atoms with Gasteiger partial charge in [-0.2, -0.15) is 0 Å². The number of ether oxygens (including phenoxy) is 3. The second kappa shape index (κ2) is 45.5. The minimum atomic E-state index is -0.760. The van der Waals surface area contributed by atoms with Gasteiger partial charge in [-0.1, -0.05) is 246 Å². The lowest BCUT2D eigenvalue weighted by Crippen LogP contribution is -2.30. The molecule has 0 bridgehead atoms. The molecule has 0 unspecified atom stereocenters. The summed E-state index contributed by atoms with van der Waals surface area (Å²) in [6.07, 6.45) is 46.7. The standard InChI is InChI=1S/C51H98O6/c1-5-7-9-11-13-15-16-17-18-19-20-21-22-23-24-26-32-36-40-44-51(54)57-48(45-55-49(52)42-38-34-30-25-14-12-10-8-6-2)46-56-50(53)43-39-35-31-28-27-29-33-37-41-47(3)4/h47-48H,5-46H2,1-4H3/t48-/m0/s1. The van der Waals surface area contributed by atoms with E-state index in [4.69, 9.17) is 14.2 Å². The zero-order chi connectivity index (χ0) is 41.7. The maximum absolute atomic E-state index is 12.8. The van der Waals surface area contributed by atoms with Crippen LogP contribution in [0.5, 0.6) is 0 Å². The minimum absolute atomic E-state index is 0.0638. The van der Waals surface area contributed by atoms with Gasteiger partial charge in [0.2, 0.25) is 0 Å². The molecule has 0 amide bonds. The Balaban J connectivity index is 4.22. The Hall–Kier alpha value is -1.59. The number of unbranched alkanes of at least 4 members (excludes halogenated alkanes) is 33. The van der Waals surface area contributed by atoms with Gasteiger partial charge in [-0.3, -0.25) is 14.4 Å². The van der Waals surface area contributed by atoms with Crippen molar-refractivity contribution in [3.05, 3.63) is 0 Å². The van der Waals surface area contributed by atoms with Gasteiger partial charge >= 0.3 is 17.9 Å². The molecule has 0 rings (SSSR count). The summed E-state index contributed by atoms with van der Waals surface area (Å²) in [6, 6.07) is 0. The summed E-state index contributed by atoms with van der Waals surface area (Å²) in [5.74, 6) is -0.0551. The molecule has 338 valence electrons. The lowest BCUT2D eigenvalue weighted by Gasteiger charge is -2.18. The molecule has 0 aliphatic rings. The zero-order valence-electron chi connectivity index (χ0n) is 38.8. The number of carbonyl (C=O) groups excluding carboxylic acids is 3. The lowest BCUT2D eigenvalue weighted by molar-refractivity contribution is -0.167. The van der Waals surface area contributed by atoms with Gasteiger partial charge in [0.05, 0.1) is 0 Å². The average molecular weight is 807 g/mol. The largest absolute Gasteiger partial charge is 0.462 e. The molecule has 1 atom stereocenters. The number of esters is 3. The fourth-order valence-electron chi connectivity index (χ4n) is 7.69. The van der Waals surface area contributed by atoms with E-state index in [1.165, 1.54) is 180 Å². The molecule has 0 fully saturated rings. The quantitative estimate of drug-likeness (QED) is 0.0346. The Morgan fingerprint density at radius 2 is 0.579 bits per heavy atom. The second-order valence-electron chi connectivity index (χ2n) is 17.9. The van der Waals surface area contributed by atoms with E-state index in [-0.39, 0.29) is 31.1 Å². The monoisotopic (exact) mass is 807 g/mol. The summed E-state index contributed by atoms with van der Waals surface area (Å²) < 4.78 is 16.7.